The van der Waals surface area contributed by atoms with Crippen molar-refractivity contribution in [3.05, 3.63) is 47.4 Å². The van der Waals surface area contributed by atoms with Gasteiger partial charge in [0.05, 0.1) is 0 Å². The molecule has 2 aromatic rings. The van der Waals surface area contributed by atoms with Gasteiger partial charge in [-0.15, -0.1) is 0 Å². The molecule has 4 nitrogen and oxygen atoms in total. The van der Waals surface area contributed by atoms with Crippen LogP contribution in [-0.4, -0.2) is 9.97 Å². The maximum absolute atomic E-state index is 5.76. The van der Waals surface area contributed by atoms with Crippen LogP contribution < -0.4 is 10.5 Å². The summed E-state index contributed by atoms with van der Waals surface area (Å²) in [6.45, 7) is 4.34. The summed E-state index contributed by atoms with van der Waals surface area (Å²) in [7, 11) is 0. The minimum atomic E-state index is 0.422. The topological polar surface area (TPSA) is 61.0 Å². The normalized spacial score (nSPS) is 10.2. The van der Waals surface area contributed by atoms with E-state index in [4.69, 9.17) is 10.5 Å². The molecular weight excluding hydrogens is 214 g/mol. The number of rotatable bonds is 3. The van der Waals surface area contributed by atoms with Crippen LogP contribution in [0, 0.1) is 13.8 Å². The molecule has 0 aliphatic carbocycles. The van der Waals surface area contributed by atoms with Crippen LogP contribution in [0.5, 0.6) is 5.75 Å². The highest BCUT2D eigenvalue weighted by Crippen LogP contribution is 2.20. The number of pyridine rings is 2. The van der Waals surface area contributed by atoms with Gasteiger partial charge in [-0.3, -0.25) is 4.98 Å². The Hall–Kier alpha value is -2.10. The van der Waals surface area contributed by atoms with Gasteiger partial charge in [0.1, 0.15) is 6.61 Å². The van der Waals surface area contributed by atoms with Gasteiger partial charge in [-0.25, -0.2) is 4.98 Å². The summed E-state index contributed by atoms with van der Waals surface area (Å²) in [6.07, 6.45) is 3.59. The van der Waals surface area contributed by atoms with Crippen LogP contribution in [0.25, 0.3) is 0 Å². The van der Waals surface area contributed by atoms with Crippen LogP contribution in [0.15, 0.2) is 30.6 Å². The summed E-state index contributed by atoms with van der Waals surface area (Å²) in [5.74, 6) is 1.03. The molecule has 0 fully saturated rings. The first-order valence-electron chi connectivity index (χ1n) is 5.41. The average molecular weight is 229 g/mol. The summed E-state index contributed by atoms with van der Waals surface area (Å²) in [4.78, 5) is 8.25. The van der Waals surface area contributed by atoms with Crippen molar-refractivity contribution in [2.45, 2.75) is 20.5 Å². The molecule has 0 unspecified atom stereocenters. The highest BCUT2D eigenvalue weighted by atomic mass is 16.5. The van der Waals surface area contributed by atoms with Gasteiger partial charge in [-0.05, 0) is 37.6 Å². The van der Waals surface area contributed by atoms with E-state index in [1.54, 1.807) is 6.20 Å². The Kier molecular flexibility index (Phi) is 3.23. The van der Waals surface area contributed by atoms with E-state index in [9.17, 15) is 0 Å². The van der Waals surface area contributed by atoms with Crippen molar-refractivity contribution < 1.29 is 4.74 Å². The minimum Gasteiger partial charge on any atom is -0.485 e. The fourth-order valence-electron chi connectivity index (χ4n) is 1.54. The zero-order valence-corrected chi connectivity index (χ0v) is 9.97. The van der Waals surface area contributed by atoms with E-state index in [0.717, 1.165) is 16.8 Å². The van der Waals surface area contributed by atoms with E-state index < -0.39 is 0 Å². The van der Waals surface area contributed by atoms with Crippen LogP contribution in [0.4, 0.5) is 5.82 Å². The molecule has 0 amide bonds. The number of aromatic nitrogens is 2. The molecule has 0 radical (unpaired) electrons. The van der Waals surface area contributed by atoms with Crippen molar-refractivity contribution >= 4 is 5.82 Å². The Morgan fingerprint density at radius 1 is 1.24 bits per heavy atom. The summed E-state index contributed by atoms with van der Waals surface area (Å²) in [6, 6.07) is 5.74. The molecule has 17 heavy (non-hydrogen) atoms. The van der Waals surface area contributed by atoms with Crippen molar-refractivity contribution in [3.8, 4) is 5.75 Å². The van der Waals surface area contributed by atoms with E-state index >= 15 is 0 Å². The molecule has 0 saturated heterocycles. The van der Waals surface area contributed by atoms with Crippen LogP contribution in [0.3, 0.4) is 0 Å². The maximum Gasteiger partial charge on any atom is 0.166 e. The quantitative estimate of drug-likeness (QED) is 0.876. The lowest BCUT2D eigenvalue weighted by atomic mass is 10.2. The molecule has 0 aromatic carbocycles. The lowest BCUT2D eigenvalue weighted by molar-refractivity contribution is 0.306. The van der Waals surface area contributed by atoms with Gasteiger partial charge in [-0.2, -0.15) is 0 Å². The van der Waals surface area contributed by atoms with Gasteiger partial charge in [0, 0.05) is 23.7 Å². The molecule has 0 saturated carbocycles. The first-order chi connectivity index (χ1) is 8.15. The summed E-state index contributed by atoms with van der Waals surface area (Å²) in [5.41, 5.74) is 8.78. The number of hydrogen-bond acceptors (Lipinski definition) is 4. The van der Waals surface area contributed by atoms with Gasteiger partial charge in [0.25, 0.3) is 0 Å². The fourth-order valence-corrected chi connectivity index (χ4v) is 1.54. The standard InChI is InChI=1S/C13H15N3O/c1-9-5-11(7-15-6-9)8-17-12-4-3-10(2)16-13(12)14/h3-7H,8H2,1-2H3,(H2,14,16). The third-order valence-electron chi connectivity index (χ3n) is 2.35. The van der Waals surface area contributed by atoms with Crippen molar-refractivity contribution in [1.29, 1.82) is 0 Å². The van der Waals surface area contributed by atoms with Crippen molar-refractivity contribution in [2.24, 2.45) is 0 Å². The van der Waals surface area contributed by atoms with Crippen molar-refractivity contribution in [2.75, 3.05) is 5.73 Å². The van der Waals surface area contributed by atoms with E-state index in [1.165, 1.54) is 0 Å². The monoisotopic (exact) mass is 229 g/mol. The molecule has 2 aromatic heterocycles. The summed E-state index contributed by atoms with van der Waals surface area (Å²) >= 11 is 0. The smallest absolute Gasteiger partial charge is 0.166 e. The van der Waals surface area contributed by atoms with Gasteiger partial charge in [-0.1, -0.05) is 0 Å². The second-order valence-electron chi connectivity index (χ2n) is 4.00. The first kappa shape index (κ1) is 11.4. The molecule has 0 aliphatic heterocycles. The third-order valence-corrected chi connectivity index (χ3v) is 2.35. The van der Waals surface area contributed by atoms with Crippen LogP contribution >= 0.6 is 0 Å². The number of anilines is 1. The second-order valence-corrected chi connectivity index (χ2v) is 4.00. The zero-order valence-electron chi connectivity index (χ0n) is 9.97. The molecule has 88 valence electrons. The predicted molar refractivity (Wildman–Crippen MR) is 66.7 cm³/mol. The predicted octanol–water partition coefficient (Wildman–Crippen LogP) is 2.25. The number of nitrogens with zero attached hydrogens (tertiary/aromatic N) is 2. The van der Waals surface area contributed by atoms with Crippen LogP contribution in [-0.2, 0) is 6.61 Å². The van der Waals surface area contributed by atoms with Gasteiger partial charge < -0.3 is 10.5 Å². The van der Waals surface area contributed by atoms with E-state index in [2.05, 4.69) is 9.97 Å². The molecule has 2 rings (SSSR count). The Morgan fingerprint density at radius 3 is 2.76 bits per heavy atom. The van der Waals surface area contributed by atoms with E-state index in [0.29, 0.717) is 18.2 Å². The fraction of sp³-hybridized carbons (Fsp3) is 0.231. The number of ether oxygens (including phenoxy) is 1. The Balaban J connectivity index is 2.07. The molecule has 2 N–H and O–H groups in total. The van der Waals surface area contributed by atoms with Gasteiger partial charge in [0.2, 0.25) is 0 Å². The second kappa shape index (κ2) is 4.82. The summed E-state index contributed by atoms with van der Waals surface area (Å²) in [5, 5.41) is 0. The first-order valence-corrected chi connectivity index (χ1v) is 5.41. The SMILES string of the molecule is Cc1cncc(COc2ccc(C)nc2N)c1. The van der Waals surface area contributed by atoms with Crippen molar-refractivity contribution in [3.63, 3.8) is 0 Å². The number of nitrogens with two attached hydrogens (primary N) is 1. The highest BCUT2D eigenvalue weighted by molar-refractivity contribution is 5.46. The molecule has 0 bridgehead atoms. The molecule has 2 heterocycles. The lowest BCUT2D eigenvalue weighted by Gasteiger charge is -2.08. The Bertz CT molecular complexity index is 526. The Labute approximate surface area is 100 Å². The average Bonchev–Trinajstić information content (AvgIpc) is 2.28. The van der Waals surface area contributed by atoms with Gasteiger partial charge in [0.15, 0.2) is 11.6 Å². The Morgan fingerprint density at radius 2 is 2.06 bits per heavy atom. The lowest BCUT2D eigenvalue weighted by Crippen LogP contribution is -2.01. The number of nitrogen functional groups attached to an aromatic ring is 1. The largest absolute Gasteiger partial charge is 0.485 e. The van der Waals surface area contributed by atoms with Gasteiger partial charge >= 0.3 is 0 Å². The summed E-state index contributed by atoms with van der Waals surface area (Å²) < 4.78 is 5.61. The molecule has 0 atom stereocenters. The number of aryl methyl sites for hydroxylation is 2. The molecule has 0 aliphatic rings. The highest BCUT2D eigenvalue weighted by Gasteiger charge is 2.02. The minimum absolute atomic E-state index is 0.422. The van der Waals surface area contributed by atoms with Crippen LogP contribution in [0.2, 0.25) is 0 Å². The van der Waals surface area contributed by atoms with E-state index in [1.807, 2.05) is 38.2 Å². The maximum atomic E-state index is 5.76. The van der Waals surface area contributed by atoms with E-state index in [-0.39, 0.29) is 0 Å². The molecule has 0 spiro atoms. The molecule has 4 heteroatoms. The molecular formula is C13H15N3O. The van der Waals surface area contributed by atoms with Crippen LogP contribution in [0.1, 0.15) is 16.8 Å². The zero-order chi connectivity index (χ0) is 12.3. The van der Waals surface area contributed by atoms with Crippen molar-refractivity contribution in [1.82, 2.24) is 9.97 Å². The number of hydrogen-bond donors (Lipinski definition) is 1. The third kappa shape index (κ3) is 2.93.